The van der Waals surface area contributed by atoms with Crippen molar-refractivity contribution in [2.24, 2.45) is 0 Å². The van der Waals surface area contributed by atoms with E-state index in [4.69, 9.17) is 22.3 Å². The Morgan fingerprint density at radius 2 is 1.93 bits per heavy atom. The Balaban J connectivity index is 3.54. The van der Waals surface area contributed by atoms with E-state index in [0.29, 0.717) is 4.47 Å². The highest BCUT2D eigenvalue weighted by Crippen LogP contribution is 2.39. The van der Waals surface area contributed by atoms with Crippen LogP contribution in [0.25, 0.3) is 0 Å². The summed E-state index contributed by atoms with van der Waals surface area (Å²) in [6.07, 6.45) is 2.59. The van der Waals surface area contributed by atoms with Crippen molar-refractivity contribution in [2.45, 2.75) is 4.90 Å². The Labute approximate surface area is 99.6 Å². The molecular weight excluding hydrogens is 314 g/mol. The minimum Gasteiger partial charge on any atom is -0.264 e. The second-order valence-corrected chi connectivity index (χ2v) is 11.1. The molecule has 0 aliphatic heterocycles. The number of rotatable bonds is 1. The summed E-state index contributed by atoms with van der Waals surface area (Å²) in [6, 6.07) is 2.43. The lowest BCUT2D eigenvalue weighted by Crippen LogP contribution is -2.22. The van der Waals surface area contributed by atoms with E-state index in [1.165, 1.54) is 18.6 Å². The first-order valence-corrected chi connectivity index (χ1v) is 8.34. The highest BCUT2D eigenvalue weighted by molar-refractivity contribution is 9.10. The predicted octanol–water partition coefficient (Wildman–Crippen LogP) is 3.83. The minimum atomic E-state index is -3.61. The number of halogens is 4. The van der Waals surface area contributed by atoms with Crippen molar-refractivity contribution in [3.05, 3.63) is 27.4 Å². The van der Waals surface area contributed by atoms with Crippen LogP contribution in [0.1, 0.15) is 0 Å². The average Bonchev–Trinajstić information content (AvgIpc) is 1.92. The van der Waals surface area contributed by atoms with Crippen molar-refractivity contribution in [3.8, 4) is 0 Å². The first-order chi connectivity index (χ1) is 6.08. The SMILES string of the molecule is CS(C)(=O)(Cl)c1cc(Cl)c(Br)cc1F. The zero-order chi connectivity index (χ0) is 11.2. The molecule has 14 heavy (non-hydrogen) atoms. The zero-order valence-electron chi connectivity index (χ0n) is 7.48. The van der Waals surface area contributed by atoms with Crippen LogP contribution in [0.2, 0.25) is 5.02 Å². The van der Waals surface area contributed by atoms with Crippen molar-refractivity contribution >= 4 is 46.5 Å². The van der Waals surface area contributed by atoms with Gasteiger partial charge in [-0.25, -0.2) is 4.39 Å². The minimum absolute atomic E-state index is 0.0585. The van der Waals surface area contributed by atoms with Gasteiger partial charge in [0.15, 0.2) is 0 Å². The summed E-state index contributed by atoms with van der Waals surface area (Å²) < 4.78 is 25.8. The fourth-order valence-corrected chi connectivity index (χ4v) is 2.89. The molecule has 0 N–H and O–H groups in total. The molecule has 0 unspecified atom stereocenters. The largest absolute Gasteiger partial charge is 0.264 e. The van der Waals surface area contributed by atoms with E-state index in [9.17, 15) is 8.60 Å². The van der Waals surface area contributed by atoms with Gasteiger partial charge >= 0.3 is 0 Å². The molecule has 0 bridgehead atoms. The van der Waals surface area contributed by atoms with E-state index >= 15 is 0 Å². The van der Waals surface area contributed by atoms with Crippen LogP contribution in [0.3, 0.4) is 0 Å². The van der Waals surface area contributed by atoms with Crippen molar-refractivity contribution in [3.63, 3.8) is 0 Å². The van der Waals surface area contributed by atoms with Gasteiger partial charge in [0.05, 0.1) is 9.92 Å². The second-order valence-electron chi connectivity index (χ2n) is 3.38. The standard InChI is InChI=1S/C8H8BrCl2FOS/c1-14(2,11,13)8-4-6(10)5(9)3-7(8)12/h3-4H,1-2H3. The van der Waals surface area contributed by atoms with Crippen molar-refractivity contribution in [1.82, 2.24) is 0 Å². The Morgan fingerprint density at radius 1 is 1.43 bits per heavy atom. The lowest BCUT2D eigenvalue weighted by molar-refractivity contribution is 0.592. The van der Waals surface area contributed by atoms with Crippen LogP contribution < -0.4 is 0 Å². The molecule has 1 aromatic carbocycles. The maximum Gasteiger partial charge on any atom is 0.139 e. The van der Waals surface area contributed by atoms with Gasteiger partial charge in [-0.05, 0) is 47.0 Å². The Kier molecular flexibility index (Phi) is 3.05. The van der Waals surface area contributed by atoms with Crippen LogP contribution in [0, 0.1) is 5.82 Å². The summed E-state index contributed by atoms with van der Waals surface area (Å²) in [4.78, 5) is -0.0585. The van der Waals surface area contributed by atoms with E-state index in [2.05, 4.69) is 15.9 Å². The first-order valence-electron chi connectivity index (χ1n) is 3.56. The summed E-state index contributed by atoms with van der Waals surface area (Å²) in [5.41, 5.74) is 0. The molecule has 80 valence electrons. The van der Waals surface area contributed by atoms with Gasteiger partial charge < -0.3 is 0 Å². The van der Waals surface area contributed by atoms with Gasteiger partial charge in [-0.2, -0.15) is 0 Å². The molecule has 0 amide bonds. The van der Waals surface area contributed by atoms with Crippen molar-refractivity contribution in [1.29, 1.82) is 0 Å². The van der Waals surface area contributed by atoms with Gasteiger partial charge in [0.1, 0.15) is 5.82 Å². The molecule has 0 aromatic heterocycles. The van der Waals surface area contributed by atoms with Crippen LogP contribution in [-0.4, -0.2) is 16.7 Å². The molecule has 6 heteroatoms. The van der Waals surface area contributed by atoms with Gasteiger partial charge in [0, 0.05) is 17.0 Å². The summed E-state index contributed by atoms with van der Waals surface area (Å²) in [5, 5.41) is 0.282. The topological polar surface area (TPSA) is 17.1 Å². The molecule has 0 fully saturated rings. The molecule has 1 aromatic rings. The molecule has 0 spiro atoms. The summed E-state index contributed by atoms with van der Waals surface area (Å²) in [6.45, 7) is 0. The highest BCUT2D eigenvalue weighted by atomic mass is 79.9. The molecular formula is C8H8BrCl2FOS. The summed E-state index contributed by atoms with van der Waals surface area (Å²) in [5.74, 6) is -0.627. The molecule has 0 aliphatic rings. The first kappa shape index (κ1) is 12.4. The van der Waals surface area contributed by atoms with Crippen LogP contribution in [-0.2, 0) is 8.28 Å². The molecule has 0 radical (unpaired) electrons. The zero-order valence-corrected chi connectivity index (χ0v) is 11.4. The normalized spacial score (nSPS) is 14.9. The molecule has 0 saturated heterocycles. The van der Waals surface area contributed by atoms with Crippen LogP contribution in [0.15, 0.2) is 21.5 Å². The maximum atomic E-state index is 13.4. The monoisotopic (exact) mass is 320 g/mol. The molecule has 1 nitrogen and oxygen atoms in total. The third kappa shape index (κ3) is 2.69. The fourth-order valence-electron chi connectivity index (χ4n) is 0.940. The molecule has 0 heterocycles. The summed E-state index contributed by atoms with van der Waals surface area (Å²) >= 11 is 8.82. The van der Waals surface area contributed by atoms with E-state index in [1.54, 1.807) is 0 Å². The lowest BCUT2D eigenvalue weighted by atomic mass is 10.3. The van der Waals surface area contributed by atoms with Gasteiger partial charge in [-0.3, -0.25) is 4.21 Å². The van der Waals surface area contributed by atoms with E-state index in [-0.39, 0.29) is 9.92 Å². The molecule has 0 saturated carbocycles. The van der Waals surface area contributed by atoms with Crippen molar-refractivity contribution in [2.75, 3.05) is 12.5 Å². The number of benzene rings is 1. The Bertz CT molecular complexity index is 444. The maximum absolute atomic E-state index is 13.4. The third-order valence-corrected chi connectivity index (χ3v) is 4.82. The number of hydrogen-bond acceptors (Lipinski definition) is 1. The highest BCUT2D eigenvalue weighted by Gasteiger charge is 2.28. The fraction of sp³-hybridized carbons (Fsp3) is 0.250. The lowest BCUT2D eigenvalue weighted by Gasteiger charge is -2.26. The smallest absolute Gasteiger partial charge is 0.139 e. The average molecular weight is 322 g/mol. The second kappa shape index (κ2) is 3.44. The van der Waals surface area contributed by atoms with E-state index < -0.39 is 14.1 Å². The van der Waals surface area contributed by atoms with E-state index in [1.807, 2.05) is 0 Å². The van der Waals surface area contributed by atoms with Gasteiger partial charge in [-0.1, -0.05) is 11.6 Å². The van der Waals surface area contributed by atoms with Crippen LogP contribution in [0.5, 0.6) is 0 Å². The third-order valence-electron chi connectivity index (χ3n) is 1.59. The van der Waals surface area contributed by atoms with E-state index in [0.717, 1.165) is 6.07 Å². The predicted molar refractivity (Wildman–Crippen MR) is 63.2 cm³/mol. The quantitative estimate of drug-likeness (QED) is 0.567. The van der Waals surface area contributed by atoms with Crippen molar-refractivity contribution < 1.29 is 8.60 Å². The van der Waals surface area contributed by atoms with Crippen LogP contribution >= 0.6 is 38.2 Å². The van der Waals surface area contributed by atoms with Gasteiger partial charge in [0.25, 0.3) is 0 Å². The Hall–Kier alpha value is 0.360. The molecule has 1 rings (SSSR count). The van der Waals surface area contributed by atoms with Gasteiger partial charge in [-0.15, -0.1) is 0 Å². The Morgan fingerprint density at radius 3 is 2.36 bits per heavy atom. The van der Waals surface area contributed by atoms with Gasteiger partial charge in [0.2, 0.25) is 0 Å². The molecule has 0 atom stereocenters. The van der Waals surface area contributed by atoms with Crippen LogP contribution in [0.4, 0.5) is 4.39 Å². The molecule has 0 aliphatic carbocycles. The number of hydrogen-bond donors (Lipinski definition) is 0. The summed E-state index contributed by atoms with van der Waals surface area (Å²) in [7, 11) is 2.17.